The second kappa shape index (κ2) is 5.82. The molecule has 1 amide bonds. The molecule has 0 fully saturated rings. The number of likely N-dealkylation sites (N-methyl/N-ethyl adjacent to an activating group) is 1. The van der Waals surface area contributed by atoms with E-state index in [0.29, 0.717) is 13.0 Å². The highest BCUT2D eigenvalue weighted by molar-refractivity contribution is 6.30. The number of amides is 1. The number of nitrogens with zero attached hydrogens (tertiary/aromatic N) is 1. The molecule has 0 aliphatic heterocycles. The number of halogens is 2. The van der Waals surface area contributed by atoms with Gasteiger partial charge < -0.3 is 10.0 Å². The second-order valence-electron chi connectivity index (χ2n) is 3.47. The van der Waals surface area contributed by atoms with Crippen LogP contribution in [0.2, 0.25) is 5.02 Å². The number of hydrogen-bond donors (Lipinski definition) is 1. The van der Waals surface area contributed by atoms with E-state index in [1.165, 1.54) is 17.0 Å². The van der Waals surface area contributed by atoms with Crippen LogP contribution in [0.3, 0.4) is 0 Å². The van der Waals surface area contributed by atoms with Gasteiger partial charge in [-0.25, -0.2) is 4.39 Å². The zero-order chi connectivity index (χ0) is 12.1. The molecule has 1 aromatic rings. The van der Waals surface area contributed by atoms with Gasteiger partial charge in [0.15, 0.2) is 0 Å². The highest BCUT2D eigenvalue weighted by atomic mass is 35.5. The van der Waals surface area contributed by atoms with Crippen molar-refractivity contribution >= 4 is 17.5 Å². The van der Waals surface area contributed by atoms with E-state index in [4.69, 9.17) is 16.7 Å². The highest BCUT2D eigenvalue weighted by Crippen LogP contribution is 2.16. The van der Waals surface area contributed by atoms with Gasteiger partial charge in [-0.15, -0.1) is 0 Å². The van der Waals surface area contributed by atoms with Gasteiger partial charge in [0.2, 0.25) is 5.91 Å². The third kappa shape index (κ3) is 3.47. The molecule has 16 heavy (non-hydrogen) atoms. The molecule has 0 heterocycles. The SMILES string of the molecule is CN(CCc1ccc(F)c(Cl)c1)C(=O)CO. The lowest BCUT2D eigenvalue weighted by molar-refractivity contribution is -0.132. The van der Waals surface area contributed by atoms with Crippen LogP contribution in [0.1, 0.15) is 5.56 Å². The molecule has 3 nitrogen and oxygen atoms in total. The molecule has 0 bridgehead atoms. The molecule has 0 unspecified atom stereocenters. The summed E-state index contributed by atoms with van der Waals surface area (Å²) in [5.74, 6) is -0.793. The van der Waals surface area contributed by atoms with Gasteiger partial charge in [-0.05, 0) is 24.1 Å². The Hall–Kier alpha value is -1.13. The predicted octanol–water partition coefficient (Wildman–Crippen LogP) is 1.47. The van der Waals surface area contributed by atoms with Crippen LogP contribution < -0.4 is 0 Å². The first-order chi connectivity index (χ1) is 7.54. The fourth-order valence-corrected chi connectivity index (χ4v) is 1.44. The maximum atomic E-state index is 12.9. The van der Waals surface area contributed by atoms with E-state index < -0.39 is 12.4 Å². The van der Waals surface area contributed by atoms with Crippen molar-refractivity contribution in [2.75, 3.05) is 20.2 Å². The molecule has 0 aromatic heterocycles. The first-order valence-corrected chi connectivity index (χ1v) is 5.21. The van der Waals surface area contributed by atoms with Crippen LogP contribution in [-0.4, -0.2) is 36.1 Å². The normalized spacial score (nSPS) is 10.2. The highest BCUT2D eigenvalue weighted by Gasteiger charge is 2.07. The first-order valence-electron chi connectivity index (χ1n) is 4.83. The monoisotopic (exact) mass is 245 g/mol. The lowest BCUT2D eigenvalue weighted by Crippen LogP contribution is -2.31. The molecule has 0 radical (unpaired) electrons. The zero-order valence-electron chi connectivity index (χ0n) is 8.91. The smallest absolute Gasteiger partial charge is 0.248 e. The first kappa shape index (κ1) is 12.9. The number of rotatable bonds is 4. The van der Waals surface area contributed by atoms with Crippen LogP contribution in [-0.2, 0) is 11.2 Å². The summed E-state index contributed by atoms with van der Waals surface area (Å²) < 4.78 is 12.9. The van der Waals surface area contributed by atoms with E-state index in [1.807, 2.05) is 0 Å². The zero-order valence-corrected chi connectivity index (χ0v) is 9.67. The summed E-state index contributed by atoms with van der Waals surface area (Å²) in [5.41, 5.74) is 0.851. The van der Waals surface area contributed by atoms with Crippen molar-refractivity contribution in [2.24, 2.45) is 0 Å². The Labute approximate surface area is 98.4 Å². The summed E-state index contributed by atoms with van der Waals surface area (Å²) >= 11 is 5.62. The van der Waals surface area contributed by atoms with Crippen LogP contribution in [0.25, 0.3) is 0 Å². The third-order valence-electron chi connectivity index (χ3n) is 2.28. The quantitative estimate of drug-likeness (QED) is 0.873. The standard InChI is InChI=1S/C11H13ClFNO2/c1-14(11(16)7-15)5-4-8-2-3-10(13)9(12)6-8/h2-3,6,15H,4-5,7H2,1H3. The molecular formula is C11H13ClFNO2. The van der Waals surface area contributed by atoms with Crippen molar-refractivity contribution in [3.05, 3.63) is 34.6 Å². The summed E-state index contributed by atoms with van der Waals surface area (Å²) in [4.78, 5) is 12.5. The van der Waals surface area contributed by atoms with Gasteiger partial charge in [0, 0.05) is 13.6 Å². The fourth-order valence-electron chi connectivity index (χ4n) is 1.24. The van der Waals surface area contributed by atoms with E-state index >= 15 is 0 Å². The molecule has 0 saturated carbocycles. The van der Waals surface area contributed by atoms with Crippen LogP contribution in [0.4, 0.5) is 4.39 Å². The van der Waals surface area contributed by atoms with Gasteiger partial charge in [-0.1, -0.05) is 17.7 Å². The number of carbonyl (C=O) groups excluding carboxylic acids is 1. The average Bonchev–Trinajstić information content (AvgIpc) is 2.29. The molecule has 0 saturated heterocycles. The molecule has 0 aliphatic rings. The summed E-state index contributed by atoms with van der Waals surface area (Å²) in [7, 11) is 1.60. The van der Waals surface area contributed by atoms with Crippen LogP contribution in [0, 0.1) is 5.82 Å². The summed E-state index contributed by atoms with van der Waals surface area (Å²) in [6.07, 6.45) is 0.572. The van der Waals surface area contributed by atoms with Crippen molar-refractivity contribution in [3.63, 3.8) is 0 Å². The molecular weight excluding hydrogens is 233 g/mol. The van der Waals surface area contributed by atoms with E-state index in [2.05, 4.69) is 0 Å². The van der Waals surface area contributed by atoms with Crippen molar-refractivity contribution in [2.45, 2.75) is 6.42 Å². The molecule has 0 atom stereocenters. The average molecular weight is 246 g/mol. The van der Waals surface area contributed by atoms with Crippen molar-refractivity contribution in [3.8, 4) is 0 Å². The number of hydrogen-bond acceptors (Lipinski definition) is 2. The summed E-state index contributed by atoms with van der Waals surface area (Å²) in [6, 6.07) is 4.46. The van der Waals surface area contributed by atoms with Gasteiger partial charge in [-0.3, -0.25) is 4.79 Å². The van der Waals surface area contributed by atoms with Crippen LogP contribution in [0.15, 0.2) is 18.2 Å². The van der Waals surface area contributed by atoms with Gasteiger partial charge in [-0.2, -0.15) is 0 Å². The second-order valence-corrected chi connectivity index (χ2v) is 3.88. The lowest BCUT2D eigenvalue weighted by Gasteiger charge is -2.15. The summed E-state index contributed by atoms with van der Waals surface area (Å²) in [6.45, 7) is -0.0397. The van der Waals surface area contributed by atoms with Crippen LogP contribution in [0.5, 0.6) is 0 Å². The molecule has 5 heteroatoms. The number of aliphatic hydroxyl groups excluding tert-OH is 1. The minimum absolute atomic E-state index is 0.0774. The van der Waals surface area contributed by atoms with E-state index in [0.717, 1.165) is 5.56 Å². The fraction of sp³-hybridized carbons (Fsp3) is 0.364. The van der Waals surface area contributed by atoms with Gasteiger partial charge in [0.1, 0.15) is 12.4 Å². The van der Waals surface area contributed by atoms with E-state index in [-0.39, 0.29) is 10.9 Å². The Morgan fingerprint density at radius 3 is 2.81 bits per heavy atom. The Bertz CT molecular complexity index is 384. The van der Waals surface area contributed by atoms with E-state index in [1.54, 1.807) is 13.1 Å². The largest absolute Gasteiger partial charge is 0.387 e. The Morgan fingerprint density at radius 1 is 1.56 bits per heavy atom. The van der Waals surface area contributed by atoms with Crippen LogP contribution >= 0.6 is 11.6 Å². The molecule has 1 rings (SSSR count). The molecule has 1 aromatic carbocycles. The van der Waals surface area contributed by atoms with Crippen molar-refractivity contribution in [1.29, 1.82) is 0 Å². The minimum atomic E-state index is -0.499. The minimum Gasteiger partial charge on any atom is -0.387 e. The van der Waals surface area contributed by atoms with E-state index in [9.17, 15) is 9.18 Å². The number of carbonyl (C=O) groups is 1. The van der Waals surface area contributed by atoms with Gasteiger partial charge in [0.05, 0.1) is 5.02 Å². The summed E-state index contributed by atoms with van der Waals surface area (Å²) in [5, 5.41) is 8.70. The maximum Gasteiger partial charge on any atom is 0.248 e. The molecule has 1 N–H and O–H groups in total. The number of aliphatic hydroxyl groups is 1. The third-order valence-corrected chi connectivity index (χ3v) is 2.57. The predicted molar refractivity (Wildman–Crippen MR) is 59.8 cm³/mol. The Morgan fingerprint density at radius 2 is 2.25 bits per heavy atom. The van der Waals surface area contributed by atoms with Crippen molar-refractivity contribution < 1.29 is 14.3 Å². The topological polar surface area (TPSA) is 40.5 Å². The molecule has 0 aliphatic carbocycles. The van der Waals surface area contributed by atoms with Gasteiger partial charge >= 0.3 is 0 Å². The molecule has 0 spiro atoms. The van der Waals surface area contributed by atoms with Crippen molar-refractivity contribution in [1.82, 2.24) is 4.90 Å². The Kier molecular flexibility index (Phi) is 4.71. The number of benzene rings is 1. The lowest BCUT2D eigenvalue weighted by atomic mass is 10.1. The Balaban J connectivity index is 2.55. The maximum absolute atomic E-state index is 12.9. The van der Waals surface area contributed by atoms with Gasteiger partial charge in [0.25, 0.3) is 0 Å². The molecule has 88 valence electrons.